The number of aromatic nitrogens is 4. The Morgan fingerprint density at radius 1 is 1.17 bits per heavy atom. The minimum Gasteiger partial charge on any atom is -0.388 e. The molecule has 0 radical (unpaired) electrons. The summed E-state index contributed by atoms with van der Waals surface area (Å²) in [7, 11) is 1.66. The van der Waals surface area contributed by atoms with Crippen LogP contribution in [0.15, 0.2) is 41.5 Å². The Hall–Kier alpha value is -3.48. The van der Waals surface area contributed by atoms with Crippen molar-refractivity contribution < 1.29 is 15.0 Å². The van der Waals surface area contributed by atoms with E-state index in [1.807, 2.05) is 30.3 Å². The van der Waals surface area contributed by atoms with Crippen LogP contribution >= 0.6 is 0 Å². The zero-order valence-corrected chi connectivity index (χ0v) is 20.4. The molecule has 1 amide bonds. The van der Waals surface area contributed by atoms with Gasteiger partial charge in [-0.25, -0.2) is 4.98 Å². The molecule has 1 aliphatic rings. The summed E-state index contributed by atoms with van der Waals surface area (Å²) in [5.41, 5.74) is -0.589. The first kappa shape index (κ1) is 24.6. The van der Waals surface area contributed by atoms with Crippen molar-refractivity contribution in [2.24, 2.45) is 7.05 Å². The Morgan fingerprint density at radius 2 is 1.86 bits per heavy atom. The highest BCUT2D eigenvalue weighted by Crippen LogP contribution is 2.25. The van der Waals surface area contributed by atoms with Crippen LogP contribution in [0.3, 0.4) is 0 Å². The first-order chi connectivity index (χ1) is 16.5. The lowest BCUT2D eigenvalue weighted by molar-refractivity contribution is -0.135. The minimum absolute atomic E-state index is 0.0715. The highest BCUT2D eigenvalue weighted by atomic mass is 16.3. The summed E-state index contributed by atoms with van der Waals surface area (Å²) in [6.07, 6.45) is 3.27. The second-order valence-corrected chi connectivity index (χ2v) is 9.75. The van der Waals surface area contributed by atoms with Gasteiger partial charge in [0, 0.05) is 26.6 Å². The van der Waals surface area contributed by atoms with E-state index in [2.05, 4.69) is 21.9 Å². The normalized spacial score (nSPS) is 15.6. The third kappa shape index (κ3) is 5.78. The lowest BCUT2D eigenvalue weighted by atomic mass is 9.91. The third-order valence-corrected chi connectivity index (χ3v) is 6.28. The van der Waals surface area contributed by atoms with E-state index in [-0.39, 0.29) is 23.5 Å². The molecule has 35 heavy (non-hydrogen) atoms. The van der Waals surface area contributed by atoms with E-state index < -0.39 is 11.2 Å². The summed E-state index contributed by atoms with van der Waals surface area (Å²) in [5.74, 6) is 5.64. The third-order valence-electron chi connectivity index (χ3n) is 6.28. The molecule has 0 atom stereocenters. The number of benzene rings is 1. The predicted octanol–water partition coefficient (Wildman–Crippen LogP) is 1.24. The lowest BCUT2D eigenvalue weighted by Crippen LogP contribution is -2.49. The zero-order chi connectivity index (χ0) is 25.2. The summed E-state index contributed by atoms with van der Waals surface area (Å²) in [4.78, 5) is 31.9. The zero-order valence-electron chi connectivity index (χ0n) is 20.4. The van der Waals surface area contributed by atoms with Gasteiger partial charge < -0.3 is 15.1 Å². The van der Waals surface area contributed by atoms with Crippen LogP contribution in [0.5, 0.6) is 0 Å². The number of amides is 1. The van der Waals surface area contributed by atoms with Gasteiger partial charge in [0.1, 0.15) is 16.8 Å². The molecular formula is C26H31N5O4. The summed E-state index contributed by atoms with van der Waals surface area (Å²) < 4.78 is 2.84. The smallest absolute Gasteiger partial charge is 0.281 e. The number of fused-ring (bicyclic) bond motifs is 1. The molecule has 0 bridgehead atoms. The number of aliphatic hydroxyl groups is 2. The van der Waals surface area contributed by atoms with Gasteiger partial charge in [-0.15, -0.1) is 0 Å². The number of piperidine rings is 1. The van der Waals surface area contributed by atoms with Crippen LogP contribution in [0.1, 0.15) is 44.4 Å². The molecule has 3 heterocycles. The standard InChI is InChI=1S/C26H31N5O4/c1-25(2,34)12-11-20-22-23(28-29(20)3)24(33)31(18-27-22)17-26(35)13-15-30(16-14-26)21(32)10-9-19-7-5-4-6-8-19/h4-8,18,34-35H,9-10,13-17H2,1-3H3. The largest absolute Gasteiger partial charge is 0.388 e. The van der Waals surface area contributed by atoms with Crippen molar-refractivity contribution in [1.29, 1.82) is 0 Å². The maximum Gasteiger partial charge on any atom is 0.281 e. The van der Waals surface area contributed by atoms with Crippen LogP contribution in [0, 0.1) is 11.8 Å². The number of carbonyl (C=O) groups excluding carboxylic acids is 1. The average molecular weight is 478 g/mol. The van der Waals surface area contributed by atoms with Gasteiger partial charge in [0.2, 0.25) is 5.91 Å². The number of aryl methyl sites for hydroxylation is 2. The fourth-order valence-electron chi connectivity index (χ4n) is 4.26. The van der Waals surface area contributed by atoms with Crippen LogP contribution in [-0.2, 0) is 24.8 Å². The van der Waals surface area contributed by atoms with Crippen molar-refractivity contribution in [1.82, 2.24) is 24.2 Å². The van der Waals surface area contributed by atoms with Crippen LogP contribution in [-0.4, -0.2) is 64.6 Å². The molecule has 184 valence electrons. The second-order valence-electron chi connectivity index (χ2n) is 9.75. The number of hydrogen-bond acceptors (Lipinski definition) is 6. The van der Waals surface area contributed by atoms with Crippen molar-refractivity contribution in [3.8, 4) is 11.8 Å². The monoisotopic (exact) mass is 477 g/mol. The van der Waals surface area contributed by atoms with E-state index in [9.17, 15) is 19.8 Å². The molecule has 9 nitrogen and oxygen atoms in total. The topological polar surface area (TPSA) is 113 Å². The van der Waals surface area contributed by atoms with Crippen molar-refractivity contribution in [2.75, 3.05) is 13.1 Å². The Balaban J connectivity index is 1.43. The molecule has 1 aliphatic heterocycles. The average Bonchev–Trinajstić information content (AvgIpc) is 3.14. The first-order valence-electron chi connectivity index (χ1n) is 11.8. The van der Waals surface area contributed by atoms with E-state index in [1.165, 1.54) is 15.6 Å². The quantitative estimate of drug-likeness (QED) is 0.535. The molecule has 3 aromatic rings. The van der Waals surface area contributed by atoms with Gasteiger partial charge >= 0.3 is 0 Å². The SMILES string of the molecule is Cn1nc2c(=O)n(CC3(O)CCN(C(=O)CCc4ccccc4)CC3)cnc2c1C#CC(C)(C)O. The van der Waals surface area contributed by atoms with Gasteiger partial charge in [-0.1, -0.05) is 36.3 Å². The summed E-state index contributed by atoms with van der Waals surface area (Å²) in [6.45, 7) is 4.09. The van der Waals surface area contributed by atoms with Crippen molar-refractivity contribution in [3.63, 3.8) is 0 Å². The fourth-order valence-corrected chi connectivity index (χ4v) is 4.26. The summed E-state index contributed by atoms with van der Waals surface area (Å²) in [6, 6.07) is 9.90. The Labute approximate surface area is 204 Å². The summed E-state index contributed by atoms with van der Waals surface area (Å²) in [5, 5.41) is 25.3. The maximum absolute atomic E-state index is 13.1. The predicted molar refractivity (Wildman–Crippen MR) is 131 cm³/mol. The van der Waals surface area contributed by atoms with E-state index in [0.29, 0.717) is 50.0 Å². The van der Waals surface area contributed by atoms with Crippen molar-refractivity contribution in [3.05, 3.63) is 58.3 Å². The van der Waals surface area contributed by atoms with Gasteiger partial charge in [0.05, 0.1) is 18.5 Å². The Kier molecular flexibility index (Phi) is 6.79. The highest BCUT2D eigenvalue weighted by molar-refractivity contribution is 5.79. The molecule has 1 saturated heterocycles. The highest BCUT2D eigenvalue weighted by Gasteiger charge is 2.34. The van der Waals surface area contributed by atoms with Gasteiger partial charge in [-0.05, 0) is 44.6 Å². The van der Waals surface area contributed by atoms with Gasteiger partial charge in [0.25, 0.3) is 5.56 Å². The number of nitrogens with zero attached hydrogens (tertiary/aromatic N) is 5. The van der Waals surface area contributed by atoms with Crippen molar-refractivity contribution >= 4 is 16.9 Å². The Morgan fingerprint density at radius 3 is 2.51 bits per heavy atom. The van der Waals surface area contributed by atoms with Crippen LogP contribution in [0.2, 0.25) is 0 Å². The van der Waals surface area contributed by atoms with Crippen LogP contribution < -0.4 is 5.56 Å². The Bertz CT molecular complexity index is 1330. The number of carbonyl (C=O) groups is 1. The lowest BCUT2D eigenvalue weighted by Gasteiger charge is -2.38. The van der Waals surface area contributed by atoms with Gasteiger partial charge in [-0.3, -0.25) is 18.8 Å². The molecule has 2 aromatic heterocycles. The number of rotatable bonds is 5. The number of hydrogen-bond donors (Lipinski definition) is 2. The number of likely N-dealkylation sites (tertiary alicyclic amines) is 1. The molecule has 1 fully saturated rings. The summed E-state index contributed by atoms with van der Waals surface area (Å²) >= 11 is 0. The van der Waals surface area contributed by atoms with Crippen LogP contribution in [0.4, 0.5) is 0 Å². The minimum atomic E-state index is -1.19. The van der Waals surface area contributed by atoms with Crippen molar-refractivity contribution in [2.45, 2.75) is 57.3 Å². The van der Waals surface area contributed by atoms with E-state index in [1.54, 1.807) is 25.8 Å². The molecule has 4 rings (SSSR count). The fraction of sp³-hybridized carbons (Fsp3) is 0.462. The van der Waals surface area contributed by atoms with E-state index >= 15 is 0 Å². The van der Waals surface area contributed by atoms with E-state index in [0.717, 1.165) is 5.56 Å². The first-order valence-corrected chi connectivity index (χ1v) is 11.8. The van der Waals surface area contributed by atoms with Gasteiger partial charge in [-0.2, -0.15) is 5.10 Å². The molecule has 0 aliphatic carbocycles. The molecule has 0 unspecified atom stereocenters. The molecule has 0 saturated carbocycles. The maximum atomic E-state index is 13.1. The van der Waals surface area contributed by atoms with Crippen LogP contribution in [0.25, 0.3) is 11.0 Å². The van der Waals surface area contributed by atoms with Gasteiger partial charge in [0.15, 0.2) is 5.52 Å². The molecule has 9 heteroatoms. The molecule has 2 N–H and O–H groups in total. The molecule has 0 spiro atoms. The molecular weight excluding hydrogens is 446 g/mol. The second kappa shape index (κ2) is 9.64. The van der Waals surface area contributed by atoms with E-state index in [4.69, 9.17) is 0 Å². The molecule has 1 aromatic carbocycles.